The molecule has 96 valence electrons. The van der Waals surface area contributed by atoms with Gasteiger partial charge < -0.3 is 15.6 Å². The zero-order valence-electron chi connectivity index (χ0n) is 11.1. The van der Waals surface area contributed by atoms with Crippen LogP contribution in [-0.2, 0) is 7.05 Å². The Bertz CT molecular complexity index is 741. The summed E-state index contributed by atoms with van der Waals surface area (Å²) in [4.78, 5) is 0. The van der Waals surface area contributed by atoms with Crippen LogP contribution in [0.25, 0.3) is 10.9 Å². The van der Waals surface area contributed by atoms with Crippen molar-refractivity contribution in [1.29, 1.82) is 0 Å². The summed E-state index contributed by atoms with van der Waals surface area (Å²) in [6.07, 6.45) is 2.09. The van der Waals surface area contributed by atoms with E-state index in [0.717, 1.165) is 17.1 Å². The van der Waals surface area contributed by atoms with Crippen molar-refractivity contribution in [3.8, 4) is 0 Å². The van der Waals surface area contributed by atoms with Gasteiger partial charge in [0.2, 0.25) is 0 Å². The molecule has 3 N–H and O–H groups in total. The molecule has 3 heteroatoms. The average Bonchev–Trinajstić information content (AvgIpc) is 2.71. The van der Waals surface area contributed by atoms with Crippen LogP contribution in [0, 0.1) is 6.92 Å². The van der Waals surface area contributed by atoms with Crippen molar-refractivity contribution in [1.82, 2.24) is 4.57 Å². The van der Waals surface area contributed by atoms with E-state index < -0.39 is 0 Å². The van der Waals surface area contributed by atoms with Gasteiger partial charge in [0.05, 0.1) is 17.1 Å². The molecule has 3 nitrogen and oxygen atoms in total. The third kappa shape index (κ3) is 2.03. The van der Waals surface area contributed by atoms with Crippen molar-refractivity contribution in [2.24, 2.45) is 7.05 Å². The molecule has 0 unspecified atom stereocenters. The van der Waals surface area contributed by atoms with Gasteiger partial charge in [-0.2, -0.15) is 0 Å². The van der Waals surface area contributed by atoms with Crippen molar-refractivity contribution in [2.75, 3.05) is 11.1 Å². The number of nitrogens with one attached hydrogen (secondary N) is 1. The lowest BCUT2D eigenvalue weighted by atomic mass is 10.2. The lowest BCUT2D eigenvalue weighted by Crippen LogP contribution is -1.96. The van der Waals surface area contributed by atoms with Gasteiger partial charge in [0.15, 0.2) is 0 Å². The molecule has 1 heterocycles. The van der Waals surface area contributed by atoms with Crippen LogP contribution in [0.4, 0.5) is 17.1 Å². The highest BCUT2D eigenvalue weighted by Crippen LogP contribution is 2.30. The van der Waals surface area contributed by atoms with Crippen LogP contribution in [0.5, 0.6) is 0 Å². The van der Waals surface area contributed by atoms with Gasteiger partial charge in [0, 0.05) is 24.1 Å². The molecule has 1 aromatic heterocycles. The summed E-state index contributed by atoms with van der Waals surface area (Å²) >= 11 is 0. The first kappa shape index (κ1) is 11.7. The monoisotopic (exact) mass is 251 g/mol. The maximum Gasteiger partial charge on any atom is 0.0644 e. The largest absolute Gasteiger partial charge is 0.397 e. The first-order valence-corrected chi connectivity index (χ1v) is 6.32. The number of benzene rings is 2. The molecule has 3 aromatic rings. The van der Waals surface area contributed by atoms with Gasteiger partial charge in [0.1, 0.15) is 0 Å². The van der Waals surface area contributed by atoms with Gasteiger partial charge in [0.25, 0.3) is 0 Å². The Morgan fingerprint density at radius 1 is 1.05 bits per heavy atom. The third-order valence-corrected chi connectivity index (χ3v) is 3.37. The van der Waals surface area contributed by atoms with Crippen LogP contribution >= 0.6 is 0 Å². The highest BCUT2D eigenvalue weighted by atomic mass is 15.0. The van der Waals surface area contributed by atoms with E-state index in [1.165, 1.54) is 16.5 Å². The minimum Gasteiger partial charge on any atom is -0.397 e. The zero-order valence-corrected chi connectivity index (χ0v) is 11.1. The Kier molecular flexibility index (Phi) is 2.67. The summed E-state index contributed by atoms with van der Waals surface area (Å²) in [6, 6.07) is 14.4. The maximum absolute atomic E-state index is 6.05. The summed E-state index contributed by atoms with van der Waals surface area (Å²) in [6.45, 7) is 2.04. The molecule has 0 atom stereocenters. The number of anilines is 3. The molecule has 0 amide bonds. The fraction of sp³-hybridized carbons (Fsp3) is 0.125. The maximum atomic E-state index is 6.05. The fourth-order valence-corrected chi connectivity index (χ4v) is 2.38. The molecule has 19 heavy (non-hydrogen) atoms. The number of nitrogens with two attached hydrogens (primary N) is 1. The zero-order chi connectivity index (χ0) is 13.4. The van der Waals surface area contributed by atoms with Gasteiger partial charge in [-0.15, -0.1) is 0 Å². The number of para-hydroxylation sites is 1. The van der Waals surface area contributed by atoms with Crippen LogP contribution in [0.2, 0.25) is 0 Å². The summed E-state index contributed by atoms with van der Waals surface area (Å²) in [5, 5.41) is 4.62. The van der Waals surface area contributed by atoms with Gasteiger partial charge in [-0.1, -0.05) is 24.3 Å². The summed E-state index contributed by atoms with van der Waals surface area (Å²) < 4.78 is 2.11. The summed E-state index contributed by atoms with van der Waals surface area (Å²) in [5.74, 6) is 0. The summed E-state index contributed by atoms with van der Waals surface area (Å²) in [5.41, 5.74) is 11.2. The number of hydrogen-bond donors (Lipinski definition) is 2. The number of nitrogen functional groups attached to an aromatic ring is 1. The van der Waals surface area contributed by atoms with Crippen molar-refractivity contribution in [2.45, 2.75) is 6.92 Å². The third-order valence-electron chi connectivity index (χ3n) is 3.37. The van der Waals surface area contributed by atoms with Crippen molar-refractivity contribution < 1.29 is 0 Å². The summed E-state index contributed by atoms with van der Waals surface area (Å²) in [7, 11) is 2.05. The lowest BCUT2D eigenvalue weighted by molar-refractivity contribution is 0.970. The normalized spacial score (nSPS) is 10.8. The van der Waals surface area contributed by atoms with E-state index in [0.29, 0.717) is 0 Å². The molecule has 0 aliphatic carbocycles. The molecule has 0 saturated carbocycles. The van der Waals surface area contributed by atoms with E-state index >= 15 is 0 Å². The number of rotatable bonds is 2. The van der Waals surface area contributed by atoms with Gasteiger partial charge >= 0.3 is 0 Å². The van der Waals surface area contributed by atoms with Crippen LogP contribution < -0.4 is 11.1 Å². The van der Waals surface area contributed by atoms with Crippen molar-refractivity contribution in [3.63, 3.8) is 0 Å². The number of hydrogen-bond acceptors (Lipinski definition) is 2. The highest BCUT2D eigenvalue weighted by Gasteiger charge is 2.07. The minimum atomic E-state index is 0.771. The predicted molar refractivity (Wildman–Crippen MR) is 81.8 cm³/mol. The minimum absolute atomic E-state index is 0.771. The van der Waals surface area contributed by atoms with Gasteiger partial charge in [-0.05, 0) is 30.7 Å². The second-order valence-electron chi connectivity index (χ2n) is 4.89. The molecule has 0 spiro atoms. The first-order valence-electron chi connectivity index (χ1n) is 6.32. The molecule has 0 aliphatic heterocycles. The molecule has 0 saturated heterocycles. The quantitative estimate of drug-likeness (QED) is 0.680. The van der Waals surface area contributed by atoms with E-state index in [2.05, 4.69) is 34.3 Å². The molecule has 0 bridgehead atoms. The van der Waals surface area contributed by atoms with Crippen molar-refractivity contribution >= 4 is 28.0 Å². The smallest absolute Gasteiger partial charge is 0.0644 e. The van der Waals surface area contributed by atoms with Crippen LogP contribution in [0.3, 0.4) is 0 Å². The van der Waals surface area contributed by atoms with Crippen LogP contribution in [0.15, 0.2) is 48.7 Å². The number of nitrogens with zero attached hydrogens (tertiary/aromatic N) is 1. The number of aromatic nitrogens is 1. The topological polar surface area (TPSA) is 43.0 Å². The van der Waals surface area contributed by atoms with E-state index in [1.54, 1.807) is 0 Å². The van der Waals surface area contributed by atoms with Gasteiger partial charge in [-0.25, -0.2) is 0 Å². The molecule has 2 aromatic carbocycles. The second kappa shape index (κ2) is 4.35. The van der Waals surface area contributed by atoms with E-state index in [9.17, 15) is 0 Å². The Labute approximate surface area is 112 Å². The molecule has 0 radical (unpaired) electrons. The lowest BCUT2D eigenvalue weighted by Gasteiger charge is -2.09. The van der Waals surface area contributed by atoms with Gasteiger partial charge in [-0.3, -0.25) is 0 Å². The van der Waals surface area contributed by atoms with E-state index in [4.69, 9.17) is 5.73 Å². The van der Waals surface area contributed by atoms with Crippen LogP contribution in [-0.4, -0.2) is 4.57 Å². The van der Waals surface area contributed by atoms with Crippen LogP contribution in [0.1, 0.15) is 5.56 Å². The number of fused-ring (bicyclic) bond motifs is 1. The Morgan fingerprint density at radius 3 is 2.63 bits per heavy atom. The molecule has 3 rings (SSSR count). The Balaban J connectivity index is 2.06. The standard InChI is InChI=1S/C16H17N3/c1-11-7-8-14(13(17)9-11)18-15-10-19(2)16-6-4-3-5-12(15)16/h3-10,18H,17H2,1-2H3. The first-order chi connectivity index (χ1) is 9.15. The SMILES string of the molecule is Cc1ccc(Nc2cn(C)c3ccccc23)c(N)c1. The molecular weight excluding hydrogens is 234 g/mol. The highest BCUT2D eigenvalue weighted by molar-refractivity contribution is 5.95. The molecule has 0 aliphatic rings. The predicted octanol–water partition coefficient (Wildman–Crippen LogP) is 3.81. The average molecular weight is 251 g/mol. The number of aryl methyl sites for hydroxylation is 2. The Hall–Kier alpha value is -2.42. The van der Waals surface area contributed by atoms with Crippen molar-refractivity contribution in [3.05, 3.63) is 54.2 Å². The van der Waals surface area contributed by atoms with E-state index in [1.807, 2.05) is 38.2 Å². The molecular formula is C16H17N3. The van der Waals surface area contributed by atoms with E-state index in [-0.39, 0.29) is 0 Å². The Morgan fingerprint density at radius 2 is 1.84 bits per heavy atom. The fourth-order valence-electron chi connectivity index (χ4n) is 2.38. The molecule has 0 fully saturated rings. The second-order valence-corrected chi connectivity index (χ2v) is 4.89.